The minimum absolute atomic E-state index is 0.220. The first-order chi connectivity index (χ1) is 18.2. The molecular formula is C30H28BrNO6. The van der Waals surface area contributed by atoms with Crippen molar-refractivity contribution in [3.05, 3.63) is 87.9 Å². The summed E-state index contributed by atoms with van der Waals surface area (Å²) in [6, 6.07) is 16.0. The summed E-state index contributed by atoms with van der Waals surface area (Å²) >= 11 is 3.40. The Balaban J connectivity index is 1.50. The number of carbonyl (C=O) groups is 2. The molecule has 1 aliphatic rings. The van der Waals surface area contributed by atoms with Crippen LogP contribution in [0.5, 0.6) is 23.0 Å². The van der Waals surface area contributed by atoms with Crippen LogP contribution in [-0.4, -0.2) is 38.1 Å². The molecular weight excluding hydrogens is 550 g/mol. The zero-order valence-electron chi connectivity index (χ0n) is 21.5. The Bertz CT molecular complexity index is 1430. The lowest BCUT2D eigenvalue weighted by Gasteiger charge is -2.29. The predicted molar refractivity (Wildman–Crippen MR) is 151 cm³/mol. The normalized spacial score (nSPS) is 13.4. The number of rotatable bonds is 9. The number of ether oxygens (including phenoxy) is 4. The van der Waals surface area contributed by atoms with Crippen LogP contribution in [0, 0.1) is 0 Å². The lowest BCUT2D eigenvalue weighted by Crippen LogP contribution is -2.28. The number of benzene rings is 3. The van der Waals surface area contributed by atoms with E-state index in [1.807, 2.05) is 44.2 Å². The monoisotopic (exact) mass is 577 g/mol. The molecule has 0 unspecified atom stereocenters. The van der Waals surface area contributed by atoms with E-state index >= 15 is 0 Å². The highest BCUT2D eigenvalue weighted by Crippen LogP contribution is 2.40. The van der Waals surface area contributed by atoms with Crippen molar-refractivity contribution in [1.29, 1.82) is 0 Å². The first-order valence-corrected chi connectivity index (χ1v) is 12.7. The second kappa shape index (κ2) is 11.6. The van der Waals surface area contributed by atoms with E-state index in [2.05, 4.69) is 21.2 Å². The number of nitrogens with one attached hydrogen (secondary N) is 1. The predicted octanol–water partition coefficient (Wildman–Crippen LogP) is 6.56. The fourth-order valence-electron chi connectivity index (χ4n) is 3.87. The first-order valence-electron chi connectivity index (χ1n) is 11.9. The summed E-state index contributed by atoms with van der Waals surface area (Å²) in [5, 5.41) is 2.79. The molecule has 1 aliphatic heterocycles. The van der Waals surface area contributed by atoms with Gasteiger partial charge in [-0.15, -0.1) is 0 Å². The average Bonchev–Trinajstić information content (AvgIpc) is 2.90. The van der Waals surface area contributed by atoms with Crippen molar-refractivity contribution in [3.8, 4) is 23.0 Å². The molecule has 0 saturated carbocycles. The molecule has 1 N–H and O–H groups in total. The second-order valence-electron chi connectivity index (χ2n) is 9.02. The molecule has 1 heterocycles. The lowest BCUT2D eigenvalue weighted by atomic mass is 9.97. The van der Waals surface area contributed by atoms with Crippen LogP contribution in [-0.2, 0) is 4.79 Å². The summed E-state index contributed by atoms with van der Waals surface area (Å²) in [5.41, 5.74) is 1.95. The standard InChI is InChI=1S/C30H28BrNO6/c1-30(2)16-15-21-25(35-3)14-11-20(29(21)38-30)24(33)12-9-19-10-13-26(36-4)27(17-19)37-18-28(34)32-23-8-6-5-7-22(23)31/h5-17H,18H2,1-4H3,(H,32,34)/b12-9+. The van der Waals surface area contributed by atoms with E-state index in [0.717, 1.165) is 10.0 Å². The molecule has 0 fully saturated rings. The molecule has 0 aliphatic carbocycles. The zero-order valence-corrected chi connectivity index (χ0v) is 23.1. The van der Waals surface area contributed by atoms with Gasteiger partial charge in [-0.25, -0.2) is 0 Å². The van der Waals surface area contributed by atoms with Gasteiger partial charge < -0.3 is 24.3 Å². The highest BCUT2D eigenvalue weighted by atomic mass is 79.9. The maximum atomic E-state index is 13.2. The van der Waals surface area contributed by atoms with Crippen LogP contribution in [0.1, 0.15) is 35.3 Å². The summed E-state index contributed by atoms with van der Waals surface area (Å²) in [6.07, 6.45) is 7.00. The number of amides is 1. The number of allylic oxidation sites excluding steroid dienone is 1. The molecule has 3 aromatic rings. The Morgan fingerprint density at radius 3 is 2.47 bits per heavy atom. The molecule has 0 spiro atoms. The van der Waals surface area contributed by atoms with Gasteiger partial charge in [-0.3, -0.25) is 9.59 Å². The van der Waals surface area contributed by atoms with Crippen LogP contribution in [0.25, 0.3) is 12.2 Å². The molecule has 38 heavy (non-hydrogen) atoms. The number of carbonyl (C=O) groups excluding carboxylic acids is 2. The van der Waals surface area contributed by atoms with Gasteiger partial charge >= 0.3 is 0 Å². The van der Waals surface area contributed by atoms with Gasteiger partial charge in [-0.05, 0) is 90.0 Å². The Morgan fingerprint density at radius 1 is 1.00 bits per heavy atom. The van der Waals surface area contributed by atoms with Gasteiger partial charge in [0.25, 0.3) is 5.91 Å². The number of anilines is 1. The van der Waals surface area contributed by atoms with Gasteiger partial charge in [-0.1, -0.05) is 24.3 Å². The number of hydrogen-bond acceptors (Lipinski definition) is 6. The van der Waals surface area contributed by atoms with Crippen molar-refractivity contribution < 1.29 is 28.5 Å². The first kappa shape index (κ1) is 27.0. The van der Waals surface area contributed by atoms with E-state index in [1.165, 1.54) is 13.2 Å². The number of methoxy groups -OCH3 is 2. The van der Waals surface area contributed by atoms with Gasteiger partial charge in [-0.2, -0.15) is 0 Å². The van der Waals surface area contributed by atoms with Crippen molar-refractivity contribution in [1.82, 2.24) is 0 Å². The average molecular weight is 578 g/mol. The van der Waals surface area contributed by atoms with Gasteiger partial charge in [0.15, 0.2) is 23.9 Å². The van der Waals surface area contributed by atoms with Gasteiger partial charge in [0.05, 0.1) is 31.0 Å². The minimum atomic E-state index is -0.552. The summed E-state index contributed by atoms with van der Waals surface area (Å²) < 4.78 is 23.5. The van der Waals surface area contributed by atoms with Crippen LogP contribution >= 0.6 is 15.9 Å². The fraction of sp³-hybridized carbons (Fsp3) is 0.200. The van der Waals surface area contributed by atoms with E-state index in [4.69, 9.17) is 18.9 Å². The van der Waals surface area contributed by atoms with Gasteiger partial charge in [0.1, 0.15) is 17.1 Å². The smallest absolute Gasteiger partial charge is 0.262 e. The SMILES string of the molecule is COc1ccc(/C=C/C(=O)c2ccc(OC)c3c2OC(C)(C)C=C3)cc1OCC(=O)Nc1ccccc1Br. The van der Waals surface area contributed by atoms with Crippen LogP contribution in [0.15, 0.2) is 71.2 Å². The molecule has 0 bridgehead atoms. The Morgan fingerprint density at radius 2 is 1.74 bits per heavy atom. The van der Waals surface area contributed by atoms with Crippen molar-refractivity contribution in [2.45, 2.75) is 19.4 Å². The largest absolute Gasteiger partial charge is 0.496 e. The van der Waals surface area contributed by atoms with Crippen molar-refractivity contribution in [3.63, 3.8) is 0 Å². The van der Waals surface area contributed by atoms with E-state index in [-0.39, 0.29) is 18.3 Å². The molecule has 1 amide bonds. The van der Waals surface area contributed by atoms with Crippen molar-refractivity contribution in [2.24, 2.45) is 0 Å². The van der Waals surface area contributed by atoms with Gasteiger partial charge in [0.2, 0.25) is 0 Å². The van der Waals surface area contributed by atoms with Gasteiger partial charge in [0, 0.05) is 4.47 Å². The number of fused-ring (bicyclic) bond motifs is 1. The molecule has 8 heteroatoms. The zero-order chi connectivity index (χ0) is 27.3. The summed E-state index contributed by atoms with van der Waals surface area (Å²) in [5.74, 6) is 1.42. The molecule has 7 nitrogen and oxygen atoms in total. The fourth-order valence-corrected chi connectivity index (χ4v) is 4.25. The van der Waals surface area contributed by atoms with Crippen LogP contribution < -0.4 is 24.3 Å². The quantitative estimate of drug-likeness (QED) is 0.229. The minimum Gasteiger partial charge on any atom is -0.496 e. The number of para-hydroxylation sites is 1. The molecule has 0 radical (unpaired) electrons. The molecule has 0 saturated heterocycles. The Kier molecular flexibility index (Phi) is 8.22. The number of ketones is 1. The number of halogens is 1. The molecule has 3 aromatic carbocycles. The Labute approximate surface area is 230 Å². The third kappa shape index (κ3) is 6.26. The van der Waals surface area contributed by atoms with Crippen molar-refractivity contribution >= 4 is 45.5 Å². The maximum absolute atomic E-state index is 13.2. The topological polar surface area (TPSA) is 83.1 Å². The molecule has 196 valence electrons. The molecule has 0 atom stereocenters. The number of hydrogen-bond donors (Lipinski definition) is 1. The third-order valence-corrected chi connectivity index (χ3v) is 6.47. The maximum Gasteiger partial charge on any atom is 0.262 e. The van der Waals surface area contributed by atoms with E-state index in [1.54, 1.807) is 49.6 Å². The highest BCUT2D eigenvalue weighted by molar-refractivity contribution is 9.10. The summed E-state index contributed by atoms with van der Waals surface area (Å²) in [4.78, 5) is 25.6. The molecule has 0 aromatic heterocycles. The van der Waals surface area contributed by atoms with Crippen LogP contribution in [0.3, 0.4) is 0 Å². The third-order valence-electron chi connectivity index (χ3n) is 5.78. The van der Waals surface area contributed by atoms with E-state index < -0.39 is 5.60 Å². The van der Waals surface area contributed by atoms with Crippen LogP contribution in [0.2, 0.25) is 0 Å². The van der Waals surface area contributed by atoms with Crippen LogP contribution in [0.4, 0.5) is 5.69 Å². The Hall–Kier alpha value is -4.04. The van der Waals surface area contributed by atoms with E-state index in [9.17, 15) is 9.59 Å². The van der Waals surface area contributed by atoms with Crippen molar-refractivity contribution in [2.75, 3.05) is 26.1 Å². The summed E-state index contributed by atoms with van der Waals surface area (Å²) in [6.45, 7) is 3.63. The lowest BCUT2D eigenvalue weighted by molar-refractivity contribution is -0.118. The summed E-state index contributed by atoms with van der Waals surface area (Å²) in [7, 11) is 3.10. The second-order valence-corrected chi connectivity index (χ2v) is 9.88. The molecule has 4 rings (SSSR count). The van der Waals surface area contributed by atoms with E-state index in [0.29, 0.717) is 39.8 Å². The highest BCUT2D eigenvalue weighted by Gasteiger charge is 2.27.